The van der Waals surface area contributed by atoms with E-state index in [0.29, 0.717) is 6.04 Å². The molecule has 1 saturated carbocycles. The van der Waals surface area contributed by atoms with E-state index in [-0.39, 0.29) is 5.60 Å². The summed E-state index contributed by atoms with van der Waals surface area (Å²) in [5.41, 5.74) is 2.75. The van der Waals surface area contributed by atoms with Crippen molar-refractivity contribution in [1.29, 1.82) is 0 Å². The summed E-state index contributed by atoms with van der Waals surface area (Å²) in [6.45, 7) is 5.36. The molecule has 1 N–H and O–H groups in total. The third-order valence-corrected chi connectivity index (χ3v) is 4.66. The first-order valence-electron chi connectivity index (χ1n) is 7.75. The van der Waals surface area contributed by atoms with Crippen LogP contribution in [-0.4, -0.2) is 12.1 Å². The van der Waals surface area contributed by atoms with E-state index in [2.05, 4.69) is 37.4 Å². The van der Waals surface area contributed by atoms with Crippen LogP contribution in [0.3, 0.4) is 0 Å². The van der Waals surface area contributed by atoms with E-state index >= 15 is 0 Å². The largest absolute Gasteiger partial charge is 0.487 e. The van der Waals surface area contributed by atoms with Crippen LogP contribution in [0.25, 0.3) is 0 Å². The van der Waals surface area contributed by atoms with Crippen molar-refractivity contribution in [2.45, 2.75) is 64.0 Å². The molecule has 2 nitrogen and oxygen atoms in total. The highest BCUT2D eigenvalue weighted by atomic mass is 16.5. The average molecular weight is 259 g/mol. The summed E-state index contributed by atoms with van der Waals surface area (Å²) in [6.07, 6.45) is 7.60. The first-order valence-corrected chi connectivity index (χ1v) is 7.75. The van der Waals surface area contributed by atoms with Crippen molar-refractivity contribution >= 4 is 0 Å². The number of hydrogen-bond acceptors (Lipinski definition) is 2. The lowest BCUT2D eigenvalue weighted by Gasteiger charge is -2.45. The van der Waals surface area contributed by atoms with E-state index in [9.17, 15) is 0 Å². The Kier molecular flexibility index (Phi) is 3.53. The van der Waals surface area contributed by atoms with Gasteiger partial charge in [-0.25, -0.2) is 0 Å². The molecule has 1 aromatic rings. The Morgan fingerprint density at radius 2 is 2.05 bits per heavy atom. The molecule has 2 aliphatic rings. The molecule has 0 radical (unpaired) electrons. The lowest BCUT2D eigenvalue weighted by atomic mass is 9.77. The molecule has 1 aromatic carbocycles. The van der Waals surface area contributed by atoms with E-state index in [1.807, 2.05) is 0 Å². The minimum absolute atomic E-state index is 0.103. The number of ether oxygens (including phenoxy) is 1. The smallest absolute Gasteiger partial charge is 0.125 e. The summed E-state index contributed by atoms with van der Waals surface area (Å²) in [4.78, 5) is 0. The Hall–Kier alpha value is -1.02. The molecule has 1 unspecified atom stereocenters. The molecule has 3 rings (SSSR count). The van der Waals surface area contributed by atoms with E-state index in [0.717, 1.165) is 18.7 Å². The number of fused-ring (bicyclic) bond motifs is 1. The Labute approximate surface area is 116 Å². The second kappa shape index (κ2) is 5.16. The van der Waals surface area contributed by atoms with Gasteiger partial charge in [0.05, 0.1) is 0 Å². The SMILES string of the molecule is CCNC1CC2(CCCCC2)Oc2cc(C)ccc21. The highest BCUT2D eigenvalue weighted by Gasteiger charge is 2.41. The van der Waals surface area contributed by atoms with Crippen molar-refractivity contribution < 1.29 is 4.74 Å². The van der Waals surface area contributed by atoms with Crippen molar-refractivity contribution in [3.05, 3.63) is 29.3 Å². The topological polar surface area (TPSA) is 21.3 Å². The maximum absolute atomic E-state index is 6.48. The fourth-order valence-electron chi connectivity index (χ4n) is 3.71. The molecule has 0 amide bonds. The van der Waals surface area contributed by atoms with Gasteiger partial charge in [0.15, 0.2) is 0 Å². The Morgan fingerprint density at radius 1 is 1.26 bits per heavy atom. The number of rotatable bonds is 2. The van der Waals surface area contributed by atoms with Crippen LogP contribution in [0.2, 0.25) is 0 Å². The number of benzene rings is 1. The Balaban J connectivity index is 1.94. The van der Waals surface area contributed by atoms with E-state index in [1.54, 1.807) is 0 Å². The summed E-state index contributed by atoms with van der Waals surface area (Å²) in [7, 11) is 0. The van der Waals surface area contributed by atoms with Crippen LogP contribution in [0, 0.1) is 6.92 Å². The van der Waals surface area contributed by atoms with Gasteiger partial charge in [0.25, 0.3) is 0 Å². The third-order valence-electron chi connectivity index (χ3n) is 4.66. The zero-order valence-corrected chi connectivity index (χ0v) is 12.2. The van der Waals surface area contributed by atoms with Gasteiger partial charge in [-0.05, 0) is 50.8 Å². The van der Waals surface area contributed by atoms with Crippen LogP contribution in [0.1, 0.15) is 62.6 Å². The normalized spacial score (nSPS) is 24.8. The summed E-state index contributed by atoms with van der Waals surface area (Å²) < 4.78 is 6.48. The molecule has 1 aliphatic carbocycles. The first-order chi connectivity index (χ1) is 9.22. The quantitative estimate of drug-likeness (QED) is 0.862. The van der Waals surface area contributed by atoms with Crippen molar-refractivity contribution in [1.82, 2.24) is 5.32 Å². The molecule has 0 aromatic heterocycles. The van der Waals surface area contributed by atoms with Crippen LogP contribution in [0.15, 0.2) is 18.2 Å². The van der Waals surface area contributed by atoms with Crippen molar-refractivity contribution in [2.24, 2.45) is 0 Å². The fraction of sp³-hybridized carbons (Fsp3) is 0.647. The predicted molar refractivity (Wildman–Crippen MR) is 78.7 cm³/mol. The summed E-state index contributed by atoms with van der Waals surface area (Å²) in [6, 6.07) is 7.13. The van der Waals surface area contributed by atoms with Crippen molar-refractivity contribution in [3.63, 3.8) is 0 Å². The molecule has 0 saturated heterocycles. The molecule has 1 spiro atoms. The van der Waals surface area contributed by atoms with E-state index < -0.39 is 0 Å². The molecule has 19 heavy (non-hydrogen) atoms. The first kappa shape index (κ1) is 13.0. The molecule has 1 heterocycles. The van der Waals surface area contributed by atoms with Gasteiger partial charge < -0.3 is 10.1 Å². The Bertz CT molecular complexity index is 449. The Morgan fingerprint density at radius 3 is 2.79 bits per heavy atom. The summed E-state index contributed by atoms with van der Waals surface area (Å²) >= 11 is 0. The van der Waals surface area contributed by atoms with Gasteiger partial charge in [-0.3, -0.25) is 0 Å². The number of nitrogens with one attached hydrogen (secondary N) is 1. The monoisotopic (exact) mass is 259 g/mol. The third kappa shape index (κ3) is 2.51. The predicted octanol–water partition coefficient (Wildman–Crippen LogP) is 4.13. The average Bonchev–Trinajstić information content (AvgIpc) is 2.39. The lowest BCUT2D eigenvalue weighted by molar-refractivity contribution is -0.00248. The number of hydrogen-bond donors (Lipinski definition) is 1. The lowest BCUT2D eigenvalue weighted by Crippen LogP contribution is -2.45. The van der Waals surface area contributed by atoms with Gasteiger partial charge >= 0.3 is 0 Å². The van der Waals surface area contributed by atoms with Crippen LogP contribution in [0.5, 0.6) is 5.75 Å². The number of aryl methyl sites for hydroxylation is 1. The van der Waals surface area contributed by atoms with Gasteiger partial charge in [0, 0.05) is 18.0 Å². The minimum Gasteiger partial charge on any atom is -0.487 e. The van der Waals surface area contributed by atoms with Crippen LogP contribution >= 0.6 is 0 Å². The van der Waals surface area contributed by atoms with Crippen molar-refractivity contribution in [2.75, 3.05) is 6.54 Å². The molecule has 0 bridgehead atoms. The molecule has 104 valence electrons. The zero-order chi connectivity index (χ0) is 13.3. The summed E-state index contributed by atoms with van der Waals surface area (Å²) in [5.74, 6) is 1.12. The van der Waals surface area contributed by atoms with Crippen LogP contribution in [0.4, 0.5) is 0 Å². The maximum Gasteiger partial charge on any atom is 0.125 e. The second-order valence-electron chi connectivity index (χ2n) is 6.20. The van der Waals surface area contributed by atoms with Crippen molar-refractivity contribution in [3.8, 4) is 5.75 Å². The molecule has 1 fully saturated rings. The van der Waals surface area contributed by atoms with E-state index in [1.165, 1.54) is 43.2 Å². The van der Waals surface area contributed by atoms with Gasteiger partial charge in [0.2, 0.25) is 0 Å². The standard InChI is InChI=1S/C17H25NO/c1-3-18-15-12-17(9-5-4-6-10-17)19-16-11-13(2)7-8-14(15)16/h7-8,11,15,18H,3-6,9-10,12H2,1-2H3. The van der Waals surface area contributed by atoms with Gasteiger partial charge in [-0.2, -0.15) is 0 Å². The summed E-state index contributed by atoms with van der Waals surface area (Å²) in [5, 5.41) is 3.65. The van der Waals surface area contributed by atoms with Gasteiger partial charge in [-0.15, -0.1) is 0 Å². The maximum atomic E-state index is 6.48. The van der Waals surface area contributed by atoms with Crippen LogP contribution < -0.4 is 10.1 Å². The molecule has 1 aliphatic heterocycles. The second-order valence-corrected chi connectivity index (χ2v) is 6.20. The molecular weight excluding hydrogens is 234 g/mol. The van der Waals surface area contributed by atoms with E-state index in [4.69, 9.17) is 4.74 Å². The molecular formula is C17H25NO. The molecule has 1 atom stereocenters. The van der Waals surface area contributed by atoms with Gasteiger partial charge in [0.1, 0.15) is 11.4 Å². The van der Waals surface area contributed by atoms with Crippen LogP contribution in [-0.2, 0) is 0 Å². The zero-order valence-electron chi connectivity index (χ0n) is 12.2. The fourth-order valence-corrected chi connectivity index (χ4v) is 3.71. The molecule has 2 heteroatoms. The van der Waals surface area contributed by atoms with Gasteiger partial charge in [-0.1, -0.05) is 25.5 Å². The minimum atomic E-state index is 0.103. The highest BCUT2D eigenvalue weighted by Crippen LogP contribution is 2.46. The highest BCUT2D eigenvalue weighted by molar-refractivity contribution is 5.42.